The number of hydrogen-bond acceptors (Lipinski definition) is 5. The van der Waals surface area contributed by atoms with Crippen LogP contribution >= 0.6 is 12.1 Å². The van der Waals surface area contributed by atoms with Crippen LogP contribution in [0.1, 0.15) is 18.4 Å². The van der Waals surface area contributed by atoms with Crippen molar-refractivity contribution in [3.05, 3.63) is 65.6 Å². The van der Waals surface area contributed by atoms with Crippen molar-refractivity contribution in [1.82, 2.24) is 4.98 Å². The summed E-state index contributed by atoms with van der Waals surface area (Å²) in [5.41, 5.74) is 0.589. The van der Waals surface area contributed by atoms with Crippen LogP contribution < -0.4 is 0 Å². The number of fused-ring (bicyclic) bond motifs is 1. The van der Waals surface area contributed by atoms with Gasteiger partial charge in [0.2, 0.25) is 0 Å². The molecule has 0 aliphatic carbocycles. The molecule has 0 unspecified atom stereocenters. The molecule has 0 radical (unpaired) electrons. The standard InChI is InChI=1S/C22H17F4NO4S/c23-17-9-16-19(11-2-5-15(32-26)6-3-11)12(10-27-22(16)21(25)20(17)24)1-4-13(28)7-14(29)8-18(30)31/h1-6,9-10,13-14,28-29H,7-8H2,(H,30,31)/b4-1+/t13-,14-/m1/s1. The minimum absolute atomic E-state index is 0.0169. The Balaban J connectivity index is 2.09. The van der Waals surface area contributed by atoms with Crippen molar-refractivity contribution in [3.8, 4) is 11.1 Å². The van der Waals surface area contributed by atoms with E-state index >= 15 is 0 Å². The Morgan fingerprint density at radius 3 is 2.44 bits per heavy atom. The second kappa shape index (κ2) is 10.1. The van der Waals surface area contributed by atoms with E-state index < -0.39 is 47.6 Å². The number of rotatable bonds is 8. The quantitative estimate of drug-likeness (QED) is 0.323. The fourth-order valence-corrected chi connectivity index (χ4v) is 3.47. The van der Waals surface area contributed by atoms with Crippen LogP contribution in [0.15, 0.2) is 47.5 Å². The maximum atomic E-state index is 14.3. The third kappa shape index (κ3) is 5.26. The van der Waals surface area contributed by atoms with Gasteiger partial charge >= 0.3 is 5.97 Å². The summed E-state index contributed by atoms with van der Waals surface area (Å²) >= 11 is 0.0169. The number of hydrogen-bond donors (Lipinski definition) is 3. The number of nitrogens with zero attached hydrogens (tertiary/aromatic N) is 1. The summed E-state index contributed by atoms with van der Waals surface area (Å²) in [4.78, 5) is 14.8. The van der Waals surface area contributed by atoms with Crippen LogP contribution in [0.5, 0.6) is 0 Å². The Hall–Kier alpha value is -2.95. The van der Waals surface area contributed by atoms with E-state index in [0.717, 1.165) is 6.07 Å². The number of aliphatic hydroxyl groups excluding tert-OH is 2. The summed E-state index contributed by atoms with van der Waals surface area (Å²) < 4.78 is 54.8. The van der Waals surface area contributed by atoms with Crippen molar-refractivity contribution < 1.29 is 37.2 Å². The second-order valence-electron chi connectivity index (χ2n) is 6.99. The van der Waals surface area contributed by atoms with Crippen molar-refractivity contribution in [2.24, 2.45) is 0 Å². The van der Waals surface area contributed by atoms with Crippen LogP contribution in [-0.4, -0.2) is 38.5 Å². The predicted molar refractivity (Wildman–Crippen MR) is 112 cm³/mol. The van der Waals surface area contributed by atoms with Gasteiger partial charge in [-0.1, -0.05) is 24.3 Å². The highest BCUT2D eigenvalue weighted by atomic mass is 32.2. The lowest BCUT2D eigenvalue weighted by Crippen LogP contribution is -2.19. The first-order valence-electron chi connectivity index (χ1n) is 9.32. The summed E-state index contributed by atoms with van der Waals surface area (Å²) in [6.07, 6.45) is 0.550. The normalized spacial score (nSPS) is 13.6. The van der Waals surface area contributed by atoms with E-state index in [2.05, 4.69) is 4.98 Å². The Labute approximate surface area is 184 Å². The predicted octanol–water partition coefficient (Wildman–Crippen LogP) is 4.90. The number of carboxylic acid groups (broad SMARTS) is 1. The van der Waals surface area contributed by atoms with Gasteiger partial charge in [0.05, 0.1) is 30.8 Å². The zero-order chi connectivity index (χ0) is 23.4. The van der Waals surface area contributed by atoms with E-state index in [4.69, 9.17) is 5.11 Å². The monoisotopic (exact) mass is 467 g/mol. The first-order chi connectivity index (χ1) is 15.2. The molecule has 0 aliphatic rings. The lowest BCUT2D eigenvalue weighted by molar-refractivity contribution is -0.139. The van der Waals surface area contributed by atoms with Gasteiger partial charge in [0, 0.05) is 34.0 Å². The molecular weight excluding hydrogens is 450 g/mol. The average Bonchev–Trinajstić information content (AvgIpc) is 2.75. The fraction of sp³-hybridized carbons (Fsp3) is 0.182. The van der Waals surface area contributed by atoms with Crippen LogP contribution in [0.25, 0.3) is 28.1 Å². The van der Waals surface area contributed by atoms with E-state index in [1.807, 2.05) is 0 Å². The van der Waals surface area contributed by atoms with Gasteiger partial charge in [-0.2, -0.15) is 3.89 Å². The molecule has 0 fully saturated rings. The minimum atomic E-state index is -1.66. The second-order valence-corrected chi connectivity index (χ2v) is 7.61. The smallest absolute Gasteiger partial charge is 0.305 e. The maximum Gasteiger partial charge on any atom is 0.305 e. The molecule has 1 heterocycles. The molecule has 0 saturated heterocycles. The highest BCUT2D eigenvalue weighted by Gasteiger charge is 2.20. The minimum Gasteiger partial charge on any atom is -0.481 e. The molecule has 3 aromatic rings. The molecule has 0 saturated carbocycles. The molecule has 0 bridgehead atoms. The number of halogens is 4. The Morgan fingerprint density at radius 1 is 1.12 bits per heavy atom. The van der Waals surface area contributed by atoms with Crippen molar-refractivity contribution in [2.45, 2.75) is 29.9 Å². The van der Waals surface area contributed by atoms with Crippen LogP contribution in [0, 0.1) is 17.5 Å². The summed E-state index contributed by atoms with van der Waals surface area (Å²) in [6.45, 7) is 0. The van der Waals surface area contributed by atoms with Crippen molar-refractivity contribution in [2.75, 3.05) is 0 Å². The zero-order valence-corrected chi connectivity index (χ0v) is 17.1. The molecule has 2 atom stereocenters. The van der Waals surface area contributed by atoms with Crippen molar-refractivity contribution in [3.63, 3.8) is 0 Å². The Bertz CT molecular complexity index is 1170. The summed E-state index contributed by atoms with van der Waals surface area (Å²) in [6, 6.07) is 6.74. The SMILES string of the molecule is O=C(O)C[C@H](O)C[C@H](O)/C=C/c1cnc2c(F)c(F)c(F)cc2c1-c1ccc(SF)cc1. The van der Waals surface area contributed by atoms with E-state index in [1.165, 1.54) is 42.6 Å². The lowest BCUT2D eigenvalue weighted by atomic mass is 9.95. The fourth-order valence-electron chi connectivity index (χ4n) is 3.23. The molecule has 1 aromatic heterocycles. The summed E-state index contributed by atoms with van der Waals surface area (Å²) in [5, 5.41) is 28.4. The van der Waals surface area contributed by atoms with E-state index in [-0.39, 0.29) is 29.5 Å². The number of carbonyl (C=O) groups is 1. The van der Waals surface area contributed by atoms with Crippen LogP contribution in [0.4, 0.5) is 17.1 Å². The molecule has 32 heavy (non-hydrogen) atoms. The molecule has 3 N–H and O–H groups in total. The zero-order valence-electron chi connectivity index (χ0n) is 16.3. The summed E-state index contributed by atoms with van der Waals surface area (Å²) in [5.74, 6) is -5.75. The van der Waals surface area contributed by atoms with Crippen LogP contribution in [0.2, 0.25) is 0 Å². The number of benzene rings is 2. The first kappa shape index (κ1) is 23.7. The van der Waals surface area contributed by atoms with Crippen LogP contribution in [-0.2, 0) is 4.79 Å². The van der Waals surface area contributed by atoms with Gasteiger partial charge in [0.15, 0.2) is 17.5 Å². The number of aliphatic carboxylic acids is 1. The van der Waals surface area contributed by atoms with Gasteiger partial charge in [-0.25, -0.2) is 13.2 Å². The number of carboxylic acids is 1. The van der Waals surface area contributed by atoms with Gasteiger partial charge in [-0.3, -0.25) is 9.78 Å². The molecule has 3 rings (SSSR count). The molecule has 0 amide bonds. The number of aromatic nitrogens is 1. The molecule has 0 spiro atoms. The molecule has 2 aromatic carbocycles. The molecule has 5 nitrogen and oxygen atoms in total. The molecule has 0 aliphatic heterocycles. The largest absolute Gasteiger partial charge is 0.481 e. The molecule has 168 valence electrons. The van der Waals surface area contributed by atoms with Crippen molar-refractivity contribution in [1.29, 1.82) is 0 Å². The first-order valence-corrected chi connectivity index (χ1v) is 10.0. The Morgan fingerprint density at radius 2 is 1.81 bits per heavy atom. The number of pyridine rings is 1. The third-order valence-electron chi connectivity index (χ3n) is 4.68. The Kier molecular flexibility index (Phi) is 7.49. The third-order valence-corrected chi connectivity index (χ3v) is 5.13. The van der Waals surface area contributed by atoms with Gasteiger partial charge < -0.3 is 15.3 Å². The highest BCUT2D eigenvalue weighted by Crippen LogP contribution is 2.35. The summed E-state index contributed by atoms with van der Waals surface area (Å²) in [7, 11) is 0. The van der Waals surface area contributed by atoms with Crippen molar-refractivity contribution >= 4 is 35.1 Å². The topological polar surface area (TPSA) is 90.7 Å². The van der Waals surface area contributed by atoms with E-state index in [0.29, 0.717) is 16.0 Å². The molecular formula is C22H17F4NO4S. The van der Waals surface area contributed by atoms with Gasteiger partial charge in [-0.15, -0.1) is 0 Å². The van der Waals surface area contributed by atoms with E-state index in [1.54, 1.807) is 0 Å². The lowest BCUT2D eigenvalue weighted by Gasteiger charge is -2.14. The van der Waals surface area contributed by atoms with Gasteiger partial charge in [-0.05, 0) is 23.8 Å². The molecule has 10 heteroatoms. The number of aliphatic hydroxyl groups is 2. The maximum absolute atomic E-state index is 14.3. The van der Waals surface area contributed by atoms with E-state index in [9.17, 15) is 32.1 Å². The average molecular weight is 467 g/mol. The van der Waals surface area contributed by atoms with Gasteiger partial charge in [0.1, 0.15) is 5.52 Å². The highest BCUT2D eigenvalue weighted by molar-refractivity contribution is 7.94. The van der Waals surface area contributed by atoms with Gasteiger partial charge in [0.25, 0.3) is 0 Å². The van der Waals surface area contributed by atoms with Crippen LogP contribution in [0.3, 0.4) is 0 Å².